The lowest BCUT2D eigenvalue weighted by molar-refractivity contribution is -0.127. The number of hydrogen-bond acceptors (Lipinski definition) is 5. The lowest BCUT2D eigenvalue weighted by Crippen LogP contribution is -2.25. The number of allylic oxidation sites excluding steroid dienone is 1. The van der Waals surface area contributed by atoms with Gasteiger partial charge in [0.1, 0.15) is 0 Å². The third-order valence-electron chi connectivity index (χ3n) is 4.65. The highest BCUT2D eigenvalue weighted by molar-refractivity contribution is 7.99. The molecule has 1 aromatic heterocycles. The maximum atomic E-state index is 12.7. The van der Waals surface area contributed by atoms with Gasteiger partial charge in [-0.3, -0.25) is 9.36 Å². The highest BCUT2D eigenvalue weighted by Crippen LogP contribution is 2.26. The molecule has 3 aromatic rings. The summed E-state index contributed by atoms with van der Waals surface area (Å²) in [7, 11) is 0. The van der Waals surface area contributed by atoms with E-state index in [-0.39, 0.29) is 11.7 Å². The van der Waals surface area contributed by atoms with Crippen molar-refractivity contribution in [3.63, 3.8) is 0 Å². The first-order valence-electron chi connectivity index (χ1n) is 9.52. The van der Waals surface area contributed by atoms with Crippen molar-refractivity contribution in [2.24, 2.45) is 5.10 Å². The number of aromatic nitrogens is 3. The summed E-state index contributed by atoms with van der Waals surface area (Å²) in [5.41, 5.74) is 2.90. The molecule has 4 rings (SSSR count). The summed E-state index contributed by atoms with van der Waals surface area (Å²) in [5, 5.41) is 16.0. The van der Waals surface area contributed by atoms with E-state index < -0.39 is 0 Å². The molecule has 6 nitrogen and oxygen atoms in total. The Morgan fingerprint density at radius 3 is 2.60 bits per heavy atom. The van der Waals surface area contributed by atoms with Crippen LogP contribution >= 0.6 is 23.4 Å². The van der Waals surface area contributed by atoms with E-state index in [1.807, 2.05) is 59.2 Å². The van der Waals surface area contributed by atoms with Crippen molar-refractivity contribution < 1.29 is 4.79 Å². The number of hydrogen-bond donors (Lipinski definition) is 0. The van der Waals surface area contributed by atoms with E-state index in [1.54, 1.807) is 11.1 Å². The van der Waals surface area contributed by atoms with Gasteiger partial charge < -0.3 is 0 Å². The normalized spacial score (nSPS) is 13.4. The van der Waals surface area contributed by atoms with Crippen LogP contribution < -0.4 is 0 Å². The zero-order chi connectivity index (χ0) is 20.9. The fraction of sp³-hybridized carbons (Fsp3) is 0.182. The molecule has 8 heteroatoms. The zero-order valence-electron chi connectivity index (χ0n) is 16.2. The van der Waals surface area contributed by atoms with Gasteiger partial charge >= 0.3 is 0 Å². The predicted molar refractivity (Wildman–Crippen MR) is 121 cm³/mol. The Kier molecular flexibility index (Phi) is 6.30. The van der Waals surface area contributed by atoms with Gasteiger partial charge in [0.05, 0.1) is 18.0 Å². The van der Waals surface area contributed by atoms with Crippen LogP contribution in [0.2, 0.25) is 5.02 Å². The van der Waals surface area contributed by atoms with Crippen LogP contribution in [0.1, 0.15) is 12.0 Å². The minimum atomic E-state index is -0.0490. The summed E-state index contributed by atoms with van der Waals surface area (Å²) in [6, 6.07) is 17.4. The van der Waals surface area contributed by atoms with E-state index in [9.17, 15) is 4.79 Å². The smallest absolute Gasteiger partial charge is 0.253 e. The molecule has 1 aliphatic heterocycles. The predicted octanol–water partition coefficient (Wildman–Crippen LogP) is 4.51. The van der Waals surface area contributed by atoms with Gasteiger partial charge in [-0.1, -0.05) is 59.8 Å². The van der Waals surface area contributed by atoms with Gasteiger partial charge in [-0.05, 0) is 29.8 Å². The SMILES string of the molecule is C=CCn1c(SCC(=O)N2CCC(c3ccccc3)=N2)nnc1-c1ccc(Cl)cc1. The Morgan fingerprint density at radius 1 is 1.10 bits per heavy atom. The van der Waals surface area contributed by atoms with Crippen molar-refractivity contribution >= 4 is 35.0 Å². The van der Waals surface area contributed by atoms with Crippen LogP contribution in [0, 0.1) is 0 Å². The molecule has 0 bridgehead atoms. The molecule has 0 atom stereocenters. The third kappa shape index (κ3) is 4.47. The number of amides is 1. The molecule has 30 heavy (non-hydrogen) atoms. The Hall–Kier alpha value is -2.90. The molecule has 2 aromatic carbocycles. The lowest BCUT2D eigenvalue weighted by atomic mass is 10.1. The average Bonchev–Trinajstić information content (AvgIpc) is 3.42. The second kappa shape index (κ2) is 9.28. The Morgan fingerprint density at radius 2 is 1.87 bits per heavy atom. The maximum Gasteiger partial charge on any atom is 0.253 e. The van der Waals surface area contributed by atoms with Crippen LogP contribution in [0.5, 0.6) is 0 Å². The number of carbonyl (C=O) groups excluding carboxylic acids is 1. The number of halogens is 1. The molecule has 0 N–H and O–H groups in total. The van der Waals surface area contributed by atoms with Gasteiger partial charge in [0.2, 0.25) is 0 Å². The summed E-state index contributed by atoms with van der Waals surface area (Å²) in [5.74, 6) is 0.903. The van der Waals surface area contributed by atoms with Crippen LogP contribution in [0.4, 0.5) is 0 Å². The van der Waals surface area contributed by atoms with Gasteiger partial charge in [0, 0.05) is 23.6 Å². The molecule has 0 radical (unpaired) electrons. The van der Waals surface area contributed by atoms with Crippen molar-refractivity contribution in [2.45, 2.75) is 18.1 Å². The zero-order valence-corrected chi connectivity index (χ0v) is 17.8. The number of hydrazone groups is 1. The molecule has 0 fully saturated rings. The van der Waals surface area contributed by atoms with E-state index in [2.05, 4.69) is 21.9 Å². The number of carbonyl (C=O) groups is 1. The molecule has 152 valence electrons. The largest absolute Gasteiger partial charge is 0.298 e. The molecular formula is C22H20ClN5OS. The molecule has 0 aliphatic carbocycles. The van der Waals surface area contributed by atoms with Crippen molar-refractivity contribution in [1.29, 1.82) is 0 Å². The second-order valence-electron chi connectivity index (χ2n) is 6.68. The highest BCUT2D eigenvalue weighted by atomic mass is 35.5. The fourth-order valence-electron chi connectivity index (χ4n) is 3.17. The molecular weight excluding hydrogens is 418 g/mol. The van der Waals surface area contributed by atoms with E-state index >= 15 is 0 Å². The van der Waals surface area contributed by atoms with Gasteiger partial charge in [0.15, 0.2) is 11.0 Å². The van der Waals surface area contributed by atoms with Crippen LogP contribution in [0.15, 0.2) is 77.5 Å². The molecule has 1 amide bonds. The first-order valence-corrected chi connectivity index (χ1v) is 10.9. The first kappa shape index (κ1) is 20.4. The van der Waals surface area contributed by atoms with E-state index in [0.29, 0.717) is 29.1 Å². The van der Waals surface area contributed by atoms with Gasteiger partial charge in [0.25, 0.3) is 5.91 Å². The van der Waals surface area contributed by atoms with Crippen molar-refractivity contribution in [2.75, 3.05) is 12.3 Å². The third-order valence-corrected chi connectivity index (χ3v) is 5.86. The number of nitrogens with zero attached hydrogens (tertiary/aromatic N) is 5. The van der Waals surface area contributed by atoms with Crippen LogP contribution in [-0.2, 0) is 11.3 Å². The minimum Gasteiger partial charge on any atom is -0.298 e. The molecule has 0 spiro atoms. The molecule has 0 saturated heterocycles. The topological polar surface area (TPSA) is 63.4 Å². The average molecular weight is 438 g/mol. The summed E-state index contributed by atoms with van der Waals surface area (Å²) in [6.45, 7) is 4.96. The van der Waals surface area contributed by atoms with Gasteiger partial charge in [-0.15, -0.1) is 16.8 Å². The van der Waals surface area contributed by atoms with Crippen LogP contribution in [0.25, 0.3) is 11.4 Å². The Bertz CT molecular complexity index is 1080. The molecule has 1 aliphatic rings. The quantitative estimate of drug-likeness (QED) is 0.403. The summed E-state index contributed by atoms with van der Waals surface area (Å²) >= 11 is 7.34. The highest BCUT2D eigenvalue weighted by Gasteiger charge is 2.23. The minimum absolute atomic E-state index is 0.0490. The monoisotopic (exact) mass is 437 g/mol. The lowest BCUT2D eigenvalue weighted by Gasteiger charge is -2.11. The van der Waals surface area contributed by atoms with Crippen molar-refractivity contribution in [1.82, 2.24) is 19.8 Å². The fourth-order valence-corrected chi connectivity index (χ4v) is 4.12. The Balaban J connectivity index is 1.46. The summed E-state index contributed by atoms with van der Waals surface area (Å²) < 4.78 is 1.94. The Labute approximate surface area is 184 Å². The van der Waals surface area contributed by atoms with E-state index in [1.165, 1.54) is 11.8 Å². The van der Waals surface area contributed by atoms with Crippen molar-refractivity contribution in [3.05, 3.63) is 77.8 Å². The van der Waals surface area contributed by atoms with Gasteiger partial charge in [-0.25, -0.2) is 5.01 Å². The molecule has 2 heterocycles. The van der Waals surface area contributed by atoms with Crippen LogP contribution in [-0.4, -0.2) is 43.7 Å². The number of thioether (sulfide) groups is 1. The summed E-state index contributed by atoms with van der Waals surface area (Å²) in [6.07, 6.45) is 2.54. The maximum absolute atomic E-state index is 12.7. The van der Waals surface area contributed by atoms with E-state index in [0.717, 1.165) is 23.3 Å². The number of benzene rings is 2. The first-order chi connectivity index (χ1) is 14.7. The van der Waals surface area contributed by atoms with E-state index in [4.69, 9.17) is 11.6 Å². The molecule has 0 unspecified atom stereocenters. The summed E-state index contributed by atoms with van der Waals surface area (Å²) in [4.78, 5) is 12.7. The van der Waals surface area contributed by atoms with Crippen LogP contribution in [0.3, 0.4) is 0 Å². The van der Waals surface area contributed by atoms with Crippen molar-refractivity contribution in [3.8, 4) is 11.4 Å². The standard InChI is InChI=1S/C22H20ClN5OS/c1-2-13-27-21(17-8-10-18(23)11-9-17)24-25-22(27)30-15-20(29)28-14-12-19(26-28)16-6-4-3-5-7-16/h2-11H,1,12-15H2. The number of rotatable bonds is 7. The van der Waals surface area contributed by atoms with Gasteiger partial charge in [-0.2, -0.15) is 5.10 Å². The second-order valence-corrected chi connectivity index (χ2v) is 8.06. The molecule has 0 saturated carbocycles.